The number of Topliss-reactive ketones (excluding diaryl/α,β-unsaturated/α-hetero) is 1. The zero-order valence-corrected chi connectivity index (χ0v) is 10.0. The molecule has 1 nitrogen and oxygen atoms in total. The Morgan fingerprint density at radius 3 is 2.33 bits per heavy atom. The van der Waals surface area contributed by atoms with Crippen LogP contribution in [0, 0.1) is 11.6 Å². The van der Waals surface area contributed by atoms with E-state index in [1.54, 1.807) is 24.3 Å². The highest BCUT2D eigenvalue weighted by Gasteiger charge is 2.11. The van der Waals surface area contributed by atoms with Crippen molar-refractivity contribution in [3.05, 3.63) is 70.2 Å². The molecule has 2 aromatic rings. The van der Waals surface area contributed by atoms with Gasteiger partial charge in [0.15, 0.2) is 5.78 Å². The van der Waals surface area contributed by atoms with Crippen LogP contribution < -0.4 is 0 Å². The molecule has 0 saturated heterocycles. The summed E-state index contributed by atoms with van der Waals surface area (Å²) in [7, 11) is 0. The van der Waals surface area contributed by atoms with Gasteiger partial charge in [0.1, 0.15) is 11.6 Å². The van der Waals surface area contributed by atoms with Gasteiger partial charge in [-0.15, -0.1) is 0 Å². The molecule has 0 bridgehead atoms. The fourth-order valence-corrected chi connectivity index (χ4v) is 1.70. The van der Waals surface area contributed by atoms with E-state index in [1.807, 2.05) is 0 Å². The van der Waals surface area contributed by atoms with Gasteiger partial charge >= 0.3 is 0 Å². The SMILES string of the molecule is O=C(Cc1ccc(F)cc1F)c1ccc(Cl)cc1. The summed E-state index contributed by atoms with van der Waals surface area (Å²) in [6.07, 6.45) is -0.103. The van der Waals surface area contributed by atoms with E-state index in [0.717, 1.165) is 12.1 Å². The summed E-state index contributed by atoms with van der Waals surface area (Å²) in [6.45, 7) is 0. The maximum Gasteiger partial charge on any atom is 0.167 e. The zero-order chi connectivity index (χ0) is 13.1. The average molecular weight is 267 g/mol. The second-order valence-corrected chi connectivity index (χ2v) is 4.28. The van der Waals surface area contributed by atoms with Crippen molar-refractivity contribution in [1.29, 1.82) is 0 Å². The Morgan fingerprint density at radius 1 is 1.06 bits per heavy atom. The average Bonchev–Trinajstić information content (AvgIpc) is 2.33. The second-order valence-electron chi connectivity index (χ2n) is 3.84. The predicted molar refractivity (Wildman–Crippen MR) is 65.8 cm³/mol. The van der Waals surface area contributed by atoms with Crippen LogP contribution in [0.2, 0.25) is 5.02 Å². The third-order valence-electron chi connectivity index (χ3n) is 2.53. The maximum atomic E-state index is 13.4. The van der Waals surface area contributed by atoms with Crippen LogP contribution >= 0.6 is 11.6 Å². The molecule has 92 valence electrons. The van der Waals surface area contributed by atoms with Gasteiger partial charge < -0.3 is 0 Å². The van der Waals surface area contributed by atoms with Crippen molar-refractivity contribution < 1.29 is 13.6 Å². The molecule has 0 N–H and O–H groups in total. The van der Waals surface area contributed by atoms with E-state index >= 15 is 0 Å². The van der Waals surface area contributed by atoms with Crippen molar-refractivity contribution in [2.45, 2.75) is 6.42 Å². The van der Waals surface area contributed by atoms with Crippen LogP contribution in [0.3, 0.4) is 0 Å². The molecule has 0 aliphatic heterocycles. The molecule has 0 aliphatic carbocycles. The Kier molecular flexibility index (Phi) is 3.72. The lowest BCUT2D eigenvalue weighted by molar-refractivity contribution is 0.0992. The van der Waals surface area contributed by atoms with Crippen LogP contribution in [-0.2, 0) is 6.42 Å². The highest BCUT2D eigenvalue weighted by molar-refractivity contribution is 6.30. The number of hydrogen-bond acceptors (Lipinski definition) is 1. The monoisotopic (exact) mass is 266 g/mol. The molecule has 18 heavy (non-hydrogen) atoms. The summed E-state index contributed by atoms with van der Waals surface area (Å²) in [5.41, 5.74) is 0.625. The van der Waals surface area contributed by atoms with Gasteiger partial charge in [0.25, 0.3) is 0 Å². The van der Waals surface area contributed by atoms with Gasteiger partial charge in [-0.1, -0.05) is 17.7 Å². The van der Waals surface area contributed by atoms with E-state index in [-0.39, 0.29) is 17.8 Å². The summed E-state index contributed by atoms with van der Waals surface area (Å²) in [5, 5.41) is 0.527. The largest absolute Gasteiger partial charge is 0.294 e. The molecule has 2 aromatic carbocycles. The van der Waals surface area contributed by atoms with Crippen molar-refractivity contribution in [3.63, 3.8) is 0 Å². The smallest absolute Gasteiger partial charge is 0.167 e. The molecule has 0 unspecified atom stereocenters. The highest BCUT2D eigenvalue weighted by Crippen LogP contribution is 2.15. The quantitative estimate of drug-likeness (QED) is 0.766. The second kappa shape index (κ2) is 5.27. The van der Waals surface area contributed by atoms with Crippen LogP contribution in [-0.4, -0.2) is 5.78 Å². The number of benzene rings is 2. The normalized spacial score (nSPS) is 10.4. The first kappa shape index (κ1) is 12.7. The molecule has 0 aliphatic rings. The molecule has 0 heterocycles. The number of rotatable bonds is 3. The van der Waals surface area contributed by atoms with Gasteiger partial charge in [-0.05, 0) is 35.9 Å². The summed E-state index contributed by atoms with van der Waals surface area (Å²) < 4.78 is 26.1. The molecule has 0 aromatic heterocycles. The first-order valence-electron chi connectivity index (χ1n) is 5.29. The van der Waals surface area contributed by atoms with Crippen molar-refractivity contribution in [2.24, 2.45) is 0 Å². The van der Waals surface area contributed by atoms with Crippen molar-refractivity contribution in [2.75, 3.05) is 0 Å². The van der Waals surface area contributed by atoms with E-state index in [2.05, 4.69) is 0 Å². The Bertz CT molecular complexity index is 579. The number of halogens is 3. The van der Waals surface area contributed by atoms with Crippen LogP contribution in [0.1, 0.15) is 15.9 Å². The van der Waals surface area contributed by atoms with E-state index in [9.17, 15) is 13.6 Å². The third-order valence-corrected chi connectivity index (χ3v) is 2.78. The van der Waals surface area contributed by atoms with E-state index in [4.69, 9.17) is 11.6 Å². The molecule has 0 radical (unpaired) electrons. The Labute approximate surface area is 108 Å². The molecular formula is C14H9ClF2O. The molecule has 0 amide bonds. The first-order valence-corrected chi connectivity index (χ1v) is 5.67. The molecule has 0 spiro atoms. The Morgan fingerprint density at radius 2 is 1.72 bits per heavy atom. The predicted octanol–water partition coefficient (Wildman–Crippen LogP) is 4.04. The lowest BCUT2D eigenvalue weighted by Gasteiger charge is -2.03. The number of ketones is 1. The minimum absolute atomic E-state index is 0.103. The number of carbonyl (C=O) groups excluding carboxylic acids is 1. The summed E-state index contributed by atoms with van der Waals surface area (Å²) in [5.74, 6) is -1.61. The van der Waals surface area contributed by atoms with Crippen LogP contribution in [0.4, 0.5) is 8.78 Å². The fraction of sp³-hybridized carbons (Fsp3) is 0.0714. The standard InChI is InChI=1S/C14H9ClF2O/c15-11-4-1-9(2-5-11)14(18)7-10-3-6-12(16)8-13(10)17/h1-6,8H,7H2. The lowest BCUT2D eigenvalue weighted by atomic mass is 10.0. The van der Waals surface area contributed by atoms with Crippen molar-refractivity contribution in [3.8, 4) is 0 Å². The fourth-order valence-electron chi connectivity index (χ4n) is 1.58. The number of hydrogen-bond donors (Lipinski definition) is 0. The van der Waals surface area contributed by atoms with Crippen LogP contribution in [0.15, 0.2) is 42.5 Å². The zero-order valence-electron chi connectivity index (χ0n) is 9.29. The van der Waals surface area contributed by atoms with Crippen LogP contribution in [0.5, 0.6) is 0 Å². The summed E-state index contributed by atoms with van der Waals surface area (Å²) in [6, 6.07) is 9.51. The first-order chi connectivity index (χ1) is 8.56. The molecule has 0 saturated carbocycles. The van der Waals surface area contributed by atoms with Crippen molar-refractivity contribution >= 4 is 17.4 Å². The van der Waals surface area contributed by atoms with Gasteiger partial charge in [0.2, 0.25) is 0 Å². The molecule has 0 fully saturated rings. The van der Waals surface area contributed by atoms with Gasteiger partial charge in [-0.25, -0.2) is 8.78 Å². The minimum atomic E-state index is -0.711. The third kappa shape index (κ3) is 2.93. The van der Waals surface area contributed by atoms with Crippen molar-refractivity contribution in [1.82, 2.24) is 0 Å². The topological polar surface area (TPSA) is 17.1 Å². The van der Waals surface area contributed by atoms with Gasteiger partial charge in [-0.3, -0.25) is 4.79 Å². The molecule has 4 heteroatoms. The van der Waals surface area contributed by atoms with Gasteiger partial charge in [-0.2, -0.15) is 0 Å². The summed E-state index contributed by atoms with van der Waals surface area (Å²) in [4.78, 5) is 11.9. The molecule has 2 rings (SSSR count). The highest BCUT2D eigenvalue weighted by atomic mass is 35.5. The Balaban J connectivity index is 2.18. The minimum Gasteiger partial charge on any atom is -0.294 e. The lowest BCUT2D eigenvalue weighted by Crippen LogP contribution is -2.05. The molecule has 0 atom stereocenters. The van der Waals surface area contributed by atoms with Crippen LogP contribution in [0.25, 0.3) is 0 Å². The van der Waals surface area contributed by atoms with Gasteiger partial charge in [0, 0.05) is 23.1 Å². The number of carbonyl (C=O) groups is 1. The Hall–Kier alpha value is -1.74. The summed E-state index contributed by atoms with van der Waals surface area (Å²) >= 11 is 5.71. The maximum absolute atomic E-state index is 13.4. The van der Waals surface area contributed by atoms with E-state index in [0.29, 0.717) is 10.6 Å². The van der Waals surface area contributed by atoms with Gasteiger partial charge in [0.05, 0.1) is 0 Å². The van der Waals surface area contributed by atoms with E-state index < -0.39 is 11.6 Å². The van der Waals surface area contributed by atoms with E-state index in [1.165, 1.54) is 6.07 Å². The molecular weight excluding hydrogens is 258 g/mol.